The van der Waals surface area contributed by atoms with Crippen LogP contribution >= 0.6 is 0 Å². The monoisotopic (exact) mass is 665 g/mol. The van der Waals surface area contributed by atoms with Crippen molar-refractivity contribution in [1.82, 2.24) is 0 Å². The molecule has 0 heterocycles. The summed E-state index contributed by atoms with van der Waals surface area (Å²) in [6.07, 6.45) is 38.2. The molecule has 47 heavy (non-hydrogen) atoms. The Morgan fingerprint density at radius 1 is 0.426 bits per heavy atom. The van der Waals surface area contributed by atoms with Crippen molar-refractivity contribution in [2.24, 2.45) is 5.92 Å². The molecule has 0 rings (SSSR count). The number of rotatable bonds is 38. The maximum Gasteiger partial charge on any atom is 0.308 e. The van der Waals surface area contributed by atoms with E-state index in [9.17, 15) is 9.59 Å². The summed E-state index contributed by atoms with van der Waals surface area (Å²) in [5.41, 5.74) is 0. The fourth-order valence-electron chi connectivity index (χ4n) is 6.53. The molecule has 0 bridgehead atoms. The Hall–Kier alpha value is -0.900. The Labute approximate surface area is 295 Å². The number of ether oxygens (including phenoxy) is 2. The van der Waals surface area contributed by atoms with Gasteiger partial charge in [-0.25, -0.2) is 0 Å². The maximum atomic E-state index is 13.2. The number of hydrogen-bond acceptors (Lipinski definition) is 4. The maximum absolute atomic E-state index is 13.2. The zero-order valence-electron chi connectivity index (χ0n) is 32.7. The Morgan fingerprint density at radius 2 is 0.766 bits per heavy atom. The molecule has 2 atom stereocenters. The van der Waals surface area contributed by atoms with Gasteiger partial charge in [0.2, 0.25) is 0 Å². The number of Topliss-reactive ketones (excluding diaryl/α,β-unsaturated/α-hetero) is 1. The van der Waals surface area contributed by atoms with E-state index in [2.05, 4.69) is 20.8 Å². The summed E-state index contributed by atoms with van der Waals surface area (Å²) in [4.78, 5) is 25.9. The lowest BCUT2D eigenvalue weighted by molar-refractivity contribution is -0.154. The van der Waals surface area contributed by atoms with Gasteiger partial charge in [0.15, 0.2) is 0 Å². The molecule has 0 aromatic carbocycles. The number of carbonyl (C=O) groups is 2. The topological polar surface area (TPSA) is 52.6 Å². The molecule has 0 aliphatic carbocycles. The van der Waals surface area contributed by atoms with Crippen molar-refractivity contribution in [1.29, 1.82) is 0 Å². The Balaban J connectivity index is 4.69. The molecule has 0 aliphatic rings. The largest absolute Gasteiger partial charge is 0.462 e. The van der Waals surface area contributed by atoms with Gasteiger partial charge in [0.1, 0.15) is 11.9 Å². The first-order valence-corrected chi connectivity index (χ1v) is 21.3. The van der Waals surface area contributed by atoms with E-state index in [1.165, 1.54) is 154 Å². The number of ketones is 1. The second kappa shape index (κ2) is 36.4. The Kier molecular flexibility index (Phi) is 35.7. The summed E-state index contributed by atoms with van der Waals surface area (Å²) in [5.74, 6) is -0.00300. The molecule has 0 radical (unpaired) electrons. The SMILES string of the molecule is CCCCCCCCCCCCOC(CCCCCCCCCCC)CC(=O)OC(CCCCCCCCCCC)CC(=O)C(C)C. The normalized spacial score (nSPS) is 12.9. The van der Waals surface area contributed by atoms with Crippen LogP contribution in [-0.2, 0) is 19.1 Å². The van der Waals surface area contributed by atoms with Crippen LogP contribution in [0.5, 0.6) is 0 Å². The predicted octanol–water partition coefficient (Wildman–Crippen LogP) is 14.1. The van der Waals surface area contributed by atoms with Crippen LogP contribution in [0.15, 0.2) is 0 Å². The van der Waals surface area contributed by atoms with Crippen LogP contribution in [0.3, 0.4) is 0 Å². The molecular formula is C43H84O4. The lowest BCUT2D eigenvalue weighted by atomic mass is 9.98. The van der Waals surface area contributed by atoms with Gasteiger partial charge in [-0.05, 0) is 25.7 Å². The Morgan fingerprint density at radius 3 is 1.15 bits per heavy atom. The van der Waals surface area contributed by atoms with E-state index in [4.69, 9.17) is 9.47 Å². The van der Waals surface area contributed by atoms with Gasteiger partial charge in [0.05, 0.1) is 12.5 Å². The van der Waals surface area contributed by atoms with E-state index >= 15 is 0 Å². The van der Waals surface area contributed by atoms with Crippen molar-refractivity contribution in [2.75, 3.05) is 6.61 Å². The smallest absolute Gasteiger partial charge is 0.308 e. The molecule has 0 amide bonds. The van der Waals surface area contributed by atoms with Crippen LogP contribution in [0.1, 0.15) is 240 Å². The molecule has 4 nitrogen and oxygen atoms in total. The number of esters is 1. The van der Waals surface area contributed by atoms with Gasteiger partial charge in [-0.1, -0.05) is 202 Å². The number of carbonyl (C=O) groups excluding carboxylic acids is 2. The lowest BCUT2D eigenvalue weighted by Crippen LogP contribution is -2.27. The Bertz CT molecular complexity index is 660. The van der Waals surface area contributed by atoms with E-state index in [1.54, 1.807) is 0 Å². The molecular weight excluding hydrogens is 580 g/mol. The van der Waals surface area contributed by atoms with Crippen molar-refractivity contribution >= 4 is 11.8 Å². The van der Waals surface area contributed by atoms with E-state index in [0.717, 1.165) is 45.1 Å². The third-order valence-corrected chi connectivity index (χ3v) is 9.88. The lowest BCUT2D eigenvalue weighted by Gasteiger charge is -2.21. The van der Waals surface area contributed by atoms with E-state index in [1.807, 2.05) is 13.8 Å². The molecule has 0 aromatic rings. The molecule has 0 fully saturated rings. The second-order valence-electron chi connectivity index (χ2n) is 15.1. The van der Waals surface area contributed by atoms with Crippen molar-refractivity contribution in [3.05, 3.63) is 0 Å². The summed E-state index contributed by atoms with van der Waals surface area (Å²) in [7, 11) is 0. The average molecular weight is 665 g/mol. The van der Waals surface area contributed by atoms with Crippen LogP contribution in [0.25, 0.3) is 0 Å². The minimum Gasteiger partial charge on any atom is -0.462 e. The van der Waals surface area contributed by atoms with Gasteiger partial charge in [-0.2, -0.15) is 0 Å². The fraction of sp³-hybridized carbons (Fsp3) is 0.953. The first kappa shape index (κ1) is 46.1. The third-order valence-electron chi connectivity index (χ3n) is 9.88. The highest BCUT2D eigenvalue weighted by Gasteiger charge is 2.22. The van der Waals surface area contributed by atoms with Gasteiger partial charge < -0.3 is 9.47 Å². The quantitative estimate of drug-likeness (QED) is 0.0487. The zero-order chi connectivity index (χ0) is 34.6. The molecule has 0 aliphatic heterocycles. The average Bonchev–Trinajstić information content (AvgIpc) is 3.05. The third kappa shape index (κ3) is 33.4. The van der Waals surface area contributed by atoms with Crippen molar-refractivity contribution in [3.8, 4) is 0 Å². The summed E-state index contributed by atoms with van der Waals surface area (Å²) >= 11 is 0. The van der Waals surface area contributed by atoms with E-state index in [-0.39, 0.29) is 29.9 Å². The first-order valence-electron chi connectivity index (χ1n) is 21.3. The second-order valence-corrected chi connectivity index (χ2v) is 15.1. The van der Waals surface area contributed by atoms with Crippen LogP contribution in [0, 0.1) is 5.92 Å². The van der Waals surface area contributed by atoms with Crippen molar-refractivity contribution in [3.63, 3.8) is 0 Å². The predicted molar refractivity (Wildman–Crippen MR) is 204 cm³/mol. The van der Waals surface area contributed by atoms with Gasteiger partial charge in [-0.3, -0.25) is 9.59 Å². The zero-order valence-corrected chi connectivity index (χ0v) is 32.7. The highest BCUT2D eigenvalue weighted by molar-refractivity contribution is 5.81. The summed E-state index contributed by atoms with van der Waals surface area (Å²) in [6, 6.07) is 0. The molecule has 0 aromatic heterocycles. The standard InChI is InChI=1S/C43H84O4/c1-6-9-12-15-18-21-24-27-30-33-36-46-40(34-31-28-25-22-19-16-13-10-7-2)38-43(45)47-41(37-42(44)39(4)5)35-32-29-26-23-20-17-14-11-8-3/h39-41H,6-38H2,1-5H3. The minimum atomic E-state index is -0.294. The highest BCUT2D eigenvalue weighted by Crippen LogP contribution is 2.20. The van der Waals surface area contributed by atoms with Crippen LogP contribution in [-0.4, -0.2) is 30.6 Å². The molecule has 0 saturated carbocycles. The van der Waals surface area contributed by atoms with Crippen molar-refractivity contribution in [2.45, 2.75) is 252 Å². The number of unbranched alkanes of at least 4 members (excludes halogenated alkanes) is 25. The molecule has 0 spiro atoms. The van der Waals surface area contributed by atoms with Crippen LogP contribution < -0.4 is 0 Å². The van der Waals surface area contributed by atoms with Gasteiger partial charge >= 0.3 is 5.97 Å². The highest BCUT2D eigenvalue weighted by atomic mass is 16.5. The molecule has 0 N–H and O–H groups in total. The molecule has 0 saturated heterocycles. The van der Waals surface area contributed by atoms with E-state index in [0.29, 0.717) is 12.8 Å². The summed E-state index contributed by atoms with van der Waals surface area (Å²) in [5, 5.41) is 0. The van der Waals surface area contributed by atoms with Crippen LogP contribution in [0.4, 0.5) is 0 Å². The first-order chi connectivity index (χ1) is 22.9. The van der Waals surface area contributed by atoms with Gasteiger partial charge in [0.25, 0.3) is 0 Å². The van der Waals surface area contributed by atoms with Gasteiger partial charge in [-0.15, -0.1) is 0 Å². The van der Waals surface area contributed by atoms with E-state index < -0.39 is 0 Å². The molecule has 4 heteroatoms. The van der Waals surface area contributed by atoms with Gasteiger partial charge in [0, 0.05) is 18.9 Å². The van der Waals surface area contributed by atoms with Crippen LogP contribution in [0.2, 0.25) is 0 Å². The fourth-order valence-corrected chi connectivity index (χ4v) is 6.53. The molecule has 2 unspecified atom stereocenters. The summed E-state index contributed by atoms with van der Waals surface area (Å²) in [6.45, 7) is 11.4. The summed E-state index contributed by atoms with van der Waals surface area (Å²) < 4.78 is 12.4. The minimum absolute atomic E-state index is 0.0249. The van der Waals surface area contributed by atoms with Crippen molar-refractivity contribution < 1.29 is 19.1 Å². The molecule has 280 valence electrons. The number of hydrogen-bond donors (Lipinski definition) is 0.